The van der Waals surface area contributed by atoms with Crippen LogP contribution in [0.4, 0.5) is 0 Å². The number of aliphatic hydroxyl groups excluding tert-OH is 2. The van der Waals surface area contributed by atoms with Crippen LogP contribution in [0.15, 0.2) is 12.2 Å². The van der Waals surface area contributed by atoms with Gasteiger partial charge in [0.25, 0.3) is 5.91 Å². The van der Waals surface area contributed by atoms with E-state index in [1.54, 1.807) is 6.08 Å². The van der Waals surface area contributed by atoms with E-state index in [9.17, 15) is 19.8 Å². The van der Waals surface area contributed by atoms with Crippen LogP contribution in [0.1, 0.15) is 40.0 Å². The number of nitrogens with one attached hydrogen (secondary N) is 2. The van der Waals surface area contributed by atoms with Gasteiger partial charge >= 0.3 is 0 Å². The van der Waals surface area contributed by atoms with E-state index in [4.69, 9.17) is 9.47 Å². The molecular formula is C19H34N2O6. The van der Waals surface area contributed by atoms with Gasteiger partial charge in [0, 0.05) is 20.8 Å². The standard InChI is InChI=1S/C19H34N2O6/c1-19(2,3)10-9-13(22)14(23)15(26-4)16(27-5)18(25)21-12-8-6-7-11-20-17(12)24/h9-10,12-16,22-23H,6-8,11H2,1-5H3,(H,20,24)(H,21,25)/b10-9+/t12-,13+,14-,15+,16+/m0/s1. The zero-order valence-electron chi connectivity index (χ0n) is 16.9. The molecule has 2 amide bonds. The van der Waals surface area contributed by atoms with E-state index in [2.05, 4.69) is 10.6 Å². The summed E-state index contributed by atoms with van der Waals surface area (Å²) in [7, 11) is 2.64. The van der Waals surface area contributed by atoms with Crippen molar-refractivity contribution in [2.75, 3.05) is 20.8 Å². The Balaban J connectivity index is 2.83. The van der Waals surface area contributed by atoms with Gasteiger partial charge in [0.05, 0.1) is 0 Å². The summed E-state index contributed by atoms with van der Waals surface area (Å²) in [5, 5.41) is 26.1. The smallest absolute Gasteiger partial charge is 0.252 e. The molecule has 0 spiro atoms. The highest BCUT2D eigenvalue weighted by Gasteiger charge is 2.38. The van der Waals surface area contributed by atoms with Crippen LogP contribution in [0.2, 0.25) is 0 Å². The maximum absolute atomic E-state index is 12.6. The van der Waals surface area contributed by atoms with Gasteiger partial charge in [-0.1, -0.05) is 32.9 Å². The summed E-state index contributed by atoms with van der Waals surface area (Å²) < 4.78 is 10.5. The van der Waals surface area contributed by atoms with Gasteiger partial charge < -0.3 is 30.3 Å². The van der Waals surface area contributed by atoms with Crippen molar-refractivity contribution in [3.63, 3.8) is 0 Å². The quantitative estimate of drug-likeness (QED) is 0.441. The average Bonchev–Trinajstić information content (AvgIpc) is 2.80. The summed E-state index contributed by atoms with van der Waals surface area (Å²) in [5.74, 6) is -0.809. The van der Waals surface area contributed by atoms with Crippen LogP contribution < -0.4 is 10.6 Å². The Morgan fingerprint density at radius 1 is 1.26 bits per heavy atom. The fourth-order valence-electron chi connectivity index (χ4n) is 2.86. The van der Waals surface area contributed by atoms with Crippen LogP contribution in [-0.4, -0.2) is 73.2 Å². The van der Waals surface area contributed by atoms with Crippen LogP contribution in [0, 0.1) is 5.41 Å². The van der Waals surface area contributed by atoms with Gasteiger partial charge in [-0.05, 0) is 24.7 Å². The molecule has 8 heteroatoms. The molecule has 1 aliphatic heterocycles. The molecule has 1 heterocycles. The van der Waals surface area contributed by atoms with E-state index in [1.807, 2.05) is 20.8 Å². The molecule has 0 aromatic carbocycles. The lowest BCUT2D eigenvalue weighted by molar-refractivity contribution is -0.155. The fraction of sp³-hybridized carbons (Fsp3) is 0.789. The molecule has 8 nitrogen and oxygen atoms in total. The number of carbonyl (C=O) groups is 2. The molecule has 27 heavy (non-hydrogen) atoms. The molecule has 156 valence electrons. The monoisotopic (exact) mass is 386 g/mol. The van der Waals surface area contributed by atoms with Gasteiger partial charge in [-0.2, -0.15) is 0 Å². The Kier molecular flexibility index (Phi) is 9.38. The van der Waals surface area contributed by atoms with Crippen molar-refractivity contribution >= 4 is 11.8 Å². The van der Waals surface area contributed by atoms with Crippen molar-refractivity contribution in [2.24, 2.45) is 5.41 Å². The number of rotatable bonds is 8. The third-order valence-electron chi connectivity index (χ3n) is 4.41. The lowest BCUT2D eigenvalue weighted by atomic mass is 9.94. The first-order valence-electron chi connectivity index (χ1n) is 9.30. The first-order valence-corrected chi connectivity index (χ1v) is 9.30. The summed E-state index contributed by atoms with van der Waals surface area (Å²) in [5.41, 5.74) is -0.172. The zero-order valence-corrected chi connectivity index (χ0v) is 16.9. The maximum atomic E-state index is 12.6. The summed E-state index contributed by atoms with van der Waals surface area (Å²) in [6.07, 6.45) is 0.539. The molecule has 0 saturated carbocycles. The van der Waals surface area contributed by atoms with Gasteiger partial charge in [-0.25, -0.2) is 0 Å². The summed E-state index contributed by atoms with van der Waals surface area (Å²) >= 11 is 0. The first kappa shape index (κ1) is 23.6. The number of amides is 2. The molecular weight excluding hydrogens is 352 g/mol. The summed E-state index contributed by atoms with van der Waals surface area (Å²) in [6.45, 7) is 6.46. The van der Waals surface area contributed by atoms with Crippen LogP contribution in [-0.2, 0) is 19.1 Å². The van der Waals surface area contributed by atoms with Crippen LogP contribution in [0.25, 0.3) is 0 Å². The van der Waals surface area contributed by atoms with E-state index >= 15 is 0 Å². The van der Waals surface area contributed by atoms with Crippen molar-refractivity contribution in [3.8, 4) is 0 Å². The summed E-state index contributed by atoms with van der Waals surface area (Å²) in [4.78, 5) is 24.7. The minimum Gasteiger partial charge on any atom is -0.387 e. The molecule has 4 N–H and O–H groups in total. The fourth-order valence-corrected chi connectivity index (χ4v) is 2.86. The van der Waals surface area contributed by atoms with E-state index in [-0.39, 0.29) is 11.3 Å². The van der Waals surface area contributed by atoms with Gasteiger partial charge in [-0.3, -0.25) is 9.59 Å². The van der Waals surface area contributed by atoms with Gasteiger partial charge in [0.1, 0.15) is 24.4 Å². The number of hydrogen-bond acceptors (Lipinski definition) is 6. The molecule has 0 aliphatic carbocycles. The Morgan fingerprint density at radius 2 is 1.93 bits per heavy atom. The van der Waals surface area contributed by atoms with Crippen molar-refractivity contribution in [2.45, 2.75) is 70.5 Å². The molecule has 1 fully saturated rings. The number of ether oxygens (including phenoxy) is 2. The number of hydrogen-bond donors (Lipinski definition) is 4. The van der Waals surface area contributed by atoms with Gasteiger partial charge in [-0.15, -0.1) is 0 Å². The SMILES string of the molecule is CO[C@H]([C@@H](O)[C@H](O)/C=C/C(C)(C)C)[C@@H](OC)C(=O)N[C@H]1CCCCNC1=O. The molecule has 0 bridgehead atoms. The van der Waals surface area contributed by atoms with Gasteiger partial charge in [0.2, 0.25) is 5.91 Å². The van der Waals surface area contributed by atoms with Crippen molar-refractivity contribution in [3.05, 3.63) is 12.2 Å². The average molecular weight is 386 g/mol. The van der Waals surface area contributed by atoms with E-state index in [1.165, 1.54) is 20.3 Å². The maximum Gasteiger partial charge on any atom is 0.252 e. The Bertz CT molecular complexity index is 517. The molecule has 1 rings (SSSR count). The van der Waals surface area contributed by atoms with Crippen molar-refractivity contribution in [1.82, 2.24) is 10.6 Å². The summed E-state index contributed by atoms with van der Waals surface area (Å²) in [6, 6.07) is -0.655. The normalized spacial score (nSPS) is 23.2. The second-order valence-electron chi connectivity index (χ2n) is 7.91. The molecule has 0 aromatic heterocycles. The van der Waals surface area contributed by atoms with E-state index < -0.39 is 36.4 Å². The Morgan fingerprint density at radius 3 is 2.48 bits per heavy atom. The molecule has 0 aromatic rings. The highest BCUT2D eigenvalue weighted by Crippen LogP contribution is 2.18. The molecule has 5 atom stereocenters. The van der Waals surface area contributed by atoms with Crippen LogP contribution in [0.5, 0.6) is 0 Å². The largest absolute Gasteiger partial charge is 0.387 e. The number of allylic oxidation sites excluding steroid dienone is 1. The Labute approximate surface area is 161 Å². The molecule has 0 radical (unpaired) electrons. The lowest BCUT2D eigenvalue weighted by Crippen LogP contribution is -2.56. The predicted octanol–water partition coefficient (Wildman–Crippen LogP) is 0.125. The predicted molar refractivity (Wildman–Crippen MR) is 101 cm³/mol. The lowest BCUT2D eigenvalue weighted by Gasteiger charge is -2.30. The Hall–Kier alpha value is -1.48. The van der Waals surface area contributed by atoms with Crippen molar-refractivity contribution < 1.29 is 29.3 Å². The van der Waals surface area contributed by atoms with Crippen molar-refractivity contribution in [1.29, 1.82) is 0 Å². The third kappa shape index (κ3) is 7.57. The van der Waals surface area contributed by atoms with E-state index in [0.717, 1.165) is 12.8 Å². The molecule has 1 aliphatic rings. The number of carbonyl (C=O) groups excluding carboxylic acids is 2. The molecule has 0 unspecified atom stereocenters. The number of aliphatic hydroxyl groups is 2. The van der Waals surface area contributed by atoms with Crippen LogP contribution in [0.3, 0.4) is 0 Å². The minimum absolute atomic E-state index is 0.172. The second-order valence-corrected chi connectivity index (χ2v) is 7.91. The third-order valence-corrected chi connectivity index (χ3v) is 4.41. The number of methoxy groups -OCH3 is 2. The minimum atomic E-state index is -1.38. The first-order chi connectivity index (χ1) is 12.6. The van der Waals surface area contributed by atoms with Crippen LogP contribution >= 0.6 is 0 Å². The second kappa shape index (κ2) is 10.8. The molecule has 1 saturated heterocycles. The van der Waals surface area contributed by atoms with Gasteiger partial charge in [0.15, 0.2) is 6.10 Å². The van der Waals surface area contributed by atoms with E-state index in [0.29, 0.717) is 13.0 Å². The highest BCUT2D eigenvalue weighted by atomic mass is 16.5. The highest BCUT2D eigenvalue weighted by molar-refractivity contribution is 5.89. The zero-order chi connectivity index (χ0) is 20.6. The topological polar surface area (TPSA) is 117 Å².